The van der Waals surface area contributed by atoms with Crippen molar-refractivity contribution < 1.29 is 18.8 Å². The highest BCUT2D eigenvalue weighted by atomic mass is 16.6. The average Bonchev–Trinajstić information content (AvgIpc) is 2.84. The predicted octanol–water partition coefficient (Wildman–Crippen LogP) is 1.92. The van der Waals surface area contributed by atoms with E-state index in [1.807, 2.05) is 32.0 Å². The average molecular weight is 302 g/mol. The predicted molar refractivity (Wildman–Crippen MR) is 79.0 cm³/mol. The van der Waals surface area contributed by atoms with E-state index in [4.69, 9.17) is 14.0 Å². The van der Waals surface area contributed by atoms with Crippen LogP contribution >= 0.6 is 0 Å². The molecule has 2 aromatic rings. The molecule has 6 nitrogen and oxygen atoms in total. The molecule has 1 N–H and O–H groups in total. The Morgan fingerprint density at radius 1 is 1.23 bits per heavy atom. The Morgan fingerprint density at radius 2 is 2.00 bits per heavy atom. The van der Waals surface area contributed by atoms with Crippen LogP contribution in [0.1, 0.15) is 22.6 Å². The van der Waals surface area contributed by atoms with Crippen molar-refractivity contribution in [1.29, 1.82) is 0 Å². The maximum absolute atomic E-state index is 12.0. The van der Waals surface area contributed by atoms with Gasteiger partial charge in [-0.3, -0.25) is 4.79 Å². The monoisotopic (exact) mass is 302 g/mol. The van der Waals surface area contributed by atoms with Gasteiger partial charge in [-0.1, -0.05) is 11.2 Å². The lowest BCUT2D eigenvalue weighted by molar-refractivity contribution is -0.120. The second kappa shape index (κ2) is 6.09. The van der Waals surface area contributed by atoms with Gasteiger partial charge in [0, 0.05) is 12.1 Å². The molecule has 1 aromatic carbocycles. The summed E-state index contributed by atoms with van der Waals surface area (Å²) < 4.78 is 16.1. The number of nitrogens with one attached hydrogen (secondary N) is 1. The molecule has 0 radical (unpaired) electrons. The van der Waals surface area contributed by atoms with Crippen molar-refractivity contribution in [3.8, 4) is 11.5 Å². The standard InChI is InChI=1S/C16H18N2O4/c1-10-13(11(2)22-18-10)8-16(19)17-9-12-3-4-14-15(7-12)21-6-5-20-14/h3-4,7H,5-6,8-9H2,1-2H3,(H,17,19). The van der Waals surface area contributed by atoms with Gasteiger partial charge in [0.05, 0.1) is 12.1 Å². The highest BCUT2D eigenvalue weighted by molar-refractivity contribution is 5.79. The van der Waals surface area contributed by atoms with Crippen LogP contribution in [0.4, 0.5) is 0 Å². The van der Waals surface area contributed by atoms with Crippen LogP contribution in [0.2, 0.25) is 0 Å². The van der Waals surface area contributed by atoms with E-state index in [-0.39, 0.29) is 12.3 Å². The van der Waals surface area contributed by atoms with Crippen LogP contribution in [0.3, 0.4) is 0 Å². The molecule has 116 valence electrons. The fraction of sp³-hybridized carbons (Fsp3) is 0.375. The van der Waals surface area contributed by atoms with Gasteiger partial charge in [-0.05, 0) is 31.5 Å². The maximum atomic E-state index is 12.0. The second-order valence-electron chi connectivity index (χ2n) is 5.23. The van der Waals surface area contributed by atoms with Gasteiger partial charge in [0.1, 0.15) is 19.0 Å². The van der Waals surface area contributed by atoms with Crippen LogP contribution in [-0.4, -0.2) is 24.3 Å². The zero-order valence-electron chi connectivity index (χ0n) is 12.6. The molecular weight excluding hydrogens is 284 g/mol. The van der Waals surface area contributed by atoms with E-state index in [0.29, 0.717) is 25.5 Å². The van der Waals surface area contributed by atoms with Crippen LogP contribution in [0.5, 0.6) is 11.5 Å². The Morgan fingerprint density at radius 3 is 2.73 bits per heavy atom. The smallest absolute Gasteiger partial charge is 0.224 e. The molecule has 6 heteroatoms. The van der Waals surface area contributed by atoms with Crippen LogP contribution in [0, 0.1) is 13.8 Å². The summed E-state index contributed by atoms with van der Waals surface area (Å²) in [6.45, 7) is 5.21. The summed E-state index contributed by atoms with van der Waals surface area (Å²) in [5, 5.41) is 6.74. The Kier molecular flexibility index (Phi) is 4.00. The van der Waals surface area contributed by atoms with Crippen molar-refractivity contribution in [3.05, 3.63) is 40.8 Å². The number of benzene rings is 1. The fourth-order valence-electron chi connectivity index (χ4n) is 2.38. The first kappa shape index (κ1) is 14.4. The number of fused-ring (bicyclic) bond motifs is 1. The summed E-state index contributed by atoms with van der Waals surface area (Å²) >= 11 is 0. The number of carbonyl (C=O) groups excluding carboxylic acids is 1. The van der Waals surface area contributed by atoms with E-state index in [1.165, 1.54) is 0 Å². The number of ether oxygens (including phenoxy) is 2. The Labute approximate surface area is 128 Å². The van der Waals surface area contributed by atoms with Crippen molar-refractivity contribution in [3.63, 3.8) is 0 Å². The van der Waals surface area contributed by atoms with E-state index in [9.17, 15) is 4.79 Å². The largest absolute Gasteiger partial charge is 0.486 e. The number of rotatable bonds is 4. The third-order valence-electron chi connectivity index (χ3n) is 3.61. The molecule has 0 aliphatic carbocycles. The van der Waals surface area contributed by atoms with Crippen LogP contribution in [0.25, 0.3) is 0 Å². The minimum absolute atomic E-state index is 0.0655. The summed E-state index contributed by atoms with van der Waals surface area (Å²) in [4.78, 5) is 12.0. The molecule has 0 fully saturated rings. The van der Waals surface area contributed by atoms with Crippen molar-refractivity contribution in [1.82, 2.24) is 10.5 Å². The highest BCUT2D eigenvalue weighted by Crippen LogP contribution is 2.30. The quantitative estimate of drug-likeness (QED) is 0.934. The van der Waals surface area contributed by atoms with Gasteiger partial charge in [0.2, 0.25) is 5.91 Å². The van der Waals surface area contributed by atoms with E-state index in [2.05, 4.69) is 10.5 Å². The van der Waals surface area contributed by atoms with Crippen LogP contribution in [-0.2, 0) is 17.8 Å². The molecular formula is C16H18N2O4. The Balaban J connectivity index is 1.59. The SMILES string of the molecule is Cc1noc(C)c1CC(=O)NCc1ccc2c(c1)OCCO2. The zero-order chi connectivity index (χ0) is 15.5. The fourth-order valence-corrected chi connectivity index (χ4v) is 2.38. The van der Waals surface area contributed by atoms with Crippen molar-refractivity contribution >= 4 is 5.91 Å². The van der Waals surface area contributed by atoms with Gasteiger partial charge in [-0.2, -0.15) is 0 Å². The molecule has 2 heterocycles. The Bertz CT molecular complexity index is 674. The number of amides is 1. The summed E-state index contributed by atoms with van der Waals surface area (Å²) in [5.74, 6) is 2.09. The number of hydrogen-bond acceptors (Lipinski definition) is 5. The first-order chi connectivity index (χ1) is 10.6. The minimum atomic E-state index is -0.0655. The van der Waals surface area contributed by atoms with Crippen LogP contribution in [0.15, 0.2) is 22.7 Å². The van der Waals surface area contributed by atoms with Crippen molar-refractivity contribution in [2.45, 2.75) is 26.8 Å². The summed E-state index contributed by atoms with van der Waals surface area (Å²) in [6, 6.07) is 5.68. The third-order valence-corrected chi connectivity index (χ3v) is 3.61. The Hall–Kier alpha value is -2.50. The third kappa shape index (κ3) is 3.05. The van der Waals surface area contributed by atoms with Gasteiger partial charge < -0.3 is 19.3 Å². The number of aromatic nitrogens is 1. The number of hydrogen-bond donors (Lipinski definition) is 1. The summed E-state index contributed by atoms with van der Waals surface area (Å²) in [6.07, 6.45) is 0.270. The van der Waals surface area contributed by atoms with E-state index >= 15 is 0 Å². The molecule has 1 aliphatic rings. The lowest BCUT2D eigenvalue weighted by atomic mass is 10.1. The number of nitrogens with zero attached hydrogens (tertiary/aromatic N) is 1. The molecule has 0 spiro atoms. The molecule has 0 atom stereocenters. The van der Waals surface area contributed by atoms with Gasteiger partial charge in [0.25, 0.3) is 0 Å². The maximum Gasteiger partial charge on any atom is 0.224 e. The molecule has 1 amide bonds. The van der Waals surface area contributed by atoms with Crippen molar-refractivity contribution in [2.75, 3.05) is 13.2 Å². The summed E-state index contributed by atoms with van der Waals surface area (Å²) in [5.41, 5.74) is 2.57. The molecule has 1 aromatic heterocycles. The lowest BCUT2D eigenvalue weighted by Gasteiger charge is -2.19. The molecule has 0 saturated carbocycles. The minimum Gasteiger partial charge on any atom is -0.486 e. The second-order valence-corrected chi connectivity index (χ2v) is 5.23. The number of carbonyl (C=O) groups is 1. The molecule has 3 rings (SSSR count). The lowest BCUT2D eigenvalue weighted by Crippen LogP contribution is -2.25. The normalized spacial score (nSPS) is 13.0. The van der Waals surface area contributed by atoms with Crippen molar-refractivity contribution in [2.24, 2.45) is 0 Å². The van der Waals surface area contributed by atoms with Gasteiger partial charge in [-0.15, -0.1) is 0 Å². The molecule has 0 saturated heterocycles. The molecule has 22 heavy (non-hydrogen) atoms. The van der Waals surface area contributed by atoms with E-state index < -0.39 is 0 Å². The molecule has 1 aliphatic heterocycles. The highest BCUT2D eigenvalue weighted by Gasteiger charge is 2.14. The van der Waals surface area contributed by atoms with Gasteiger partial charge >= 0.3 is 0 Å². The molecule has 0 unspecified atom stereocenters. The van der Waals surface area contributed by atoms with E-state index in [1.54, 1.807) is 0 Å². The first-order valence-electron chi connectivity index (χ1n) is 7.20. The van der Waals surface area contributed by atoms with E-state index in [0.717, 1.165) is 28.3 Å². The van der Waals surface area contributed by atoms with Crippen LogP contribution < -0.4 is 14.8 Å². The van der Waals surface area contributed by atoms with Gasteiger partial charge in [0.15, 0.2) is 11.5 Å². The van der Waals surface area contributed by atoms with Gasteiger partial charge in [-0.25, -0.2) is 0 Å². The first-order valence-corrected chi connectivity index (χ1v) is 7.20. The molecule has 0 bridgehead atoms. The topological polar surface area (TPSA) is 73.6 Å². The summed E-state index contributed by atoms with van der Waals surface area (Å²) in [7, 11) is 0. The number of aryl methyl sites for hydroxylation is 2. The zero-order valence-corrected chi connectivity index (χ0v) is 12.6.